The largest absolute Gasteiger partial charge is 0.469 e. The Morgan fingerprint density at radius 2 is 1.79 bits per heavy atom. The maximum atomic E-state index is 12.7. The maximum absolute atomic E-state index is 12.7. The van der Waals surface area contributed by atoms with Crippen molar-refractivity contribution in [1.29, 1.82) is 0 Å². The average Bonchev–Trinajstić information content (AvgIpc) is 2.35. The van der Waals surface area contributed by atoms with Gasteiger partial charge in [0.05, 0.1) is 19.1 Å². The van der Waals surface area contributed by atoms with Crippen LogP contribution in [0.1, 0.15) is 24.0 Å². The first-order valence-corrected chi connectivity index (χ1v) is 5.58. The van der Waals surface area contributed by atoms with Crippen LogP contribution in [0.15, 0.2) is 24.3 Å². The molecule has 0 aliphatic heterocycles. The zero-order valence-electron chi connectivity index (χ0n) is 10.3. The van der Waals surface area contributed by atoms with Crippen molar-refractivity contribution >= 4 is 11.8 Å². The third-order valence-electron chi connectivity index (χ3n) is 2.55. The summed E-state index contributed by atoms with van der Waals surface area (Å²) in [6.45, 7) is 0. The summed E-state index contributed by atoms with van der Waals surface area (Å²) in [5, 5.41) is 0. The van der Waals surface area contributed by atoms with E-state index in [0.717, 1.165) is 6.07 Å². The van der Waals surface area contributed by atoms with Crippen molar-refractivity contribution in [3.63, 3.8) is 0 Å². The summed E-state index contributed by atoms with van der Waals surface area (Å²) in [6.07, 6.45) is -5.08. The number of rotatable bonds is 5. The molecule has 0 heterocycles. The Morgan fingerprint density at radius 1 is 1.16 bits per heavy atom. The molecule has 0 bridgehead atoms. The summed E-state index contributed by atoms with van der Waals surface area (Å²) in [7, 11) is 1.19. The first kappa shape index (κ1) is 15.2. The van der Waals surface area contributed by atoms with E-state index in [2.05, 4.69) is 4.74 Å². The number of hydrogen-bond donors (Lipinski definition) is 0. The molecule has 1 aromatic carbocycles. The second-order valence-corrected chi connectivity index (χ2v) is 3.95. The Bertz CT molecular complexity index is 466. The monoisotopic (exact) mass is 274 g/mol. The van der Waals surface area contributed by atoms with Crippen molar-refractivity contribution in [2.75, 3.05) is 7.11 Å². The van der Waals surface area contributed by atoms with Crippen LogP contribution in [0.3, 0.4) is 0 Å². The van der Waals surface area contributed by atoms with E-state index >= 15 is 0 Å². The summed E-state index contributed by atoms with van der Waals surface area (Å²) < 4.78 is 42.4. The Hall–Kier alpha value is -1.85. The zero-order valence-corrected chi connectivity index (χ0v) is 10.3. The molecule has 0 saturated heterocycles. The minimum Gasteiger partial charge on any atom is -0.469 e. The molecule has 0 atom stereocenters. The third kappa shape index (κ3) is 4.73. The van der Waals surface area contributed by atoms with Crippen LogP contribution in [0.5, 0.6) is 0 Å². The average molecular weight is 274 g/mol. The third-order valence-corrected chi connectivity index (χ3v) is 2.55. The molecule has 0 N–H and O–H groups in total. The van der Waals surface area contributed by atoms with E-state index < -0.39 is 23.5 Å². The second-order valence-electron chi connectivity index (χ2n) is 3.95. The van der Waals surface area contributed by atoms with Gasteiger partial charge in [-0.25, -0.2) is 0 Å². The van der Waals surface area contributed by atoms with Crippen molar-refractivity contribution in [3.05, 3.63) is 35.4 Å². The molecule has 0 saturated carbocycles. The molecule has 0 aliphatic rings. The van der Waals surface area contributed by atoms with E-state index in [4.69, 9.17) is 0 Å². The maximum Gasteiger partial charge on any atom is 0.416 e. The van der Waals surface area contributed by atoms with E-state index in [1.807, 2.05) is 0 Å². The van der Waals surface area contributed by atoms with Gasteiger partial charge in [-0.05, 0) is 11.6 Å². The lowest BCUT2D eigenvalue weighted by molar-refractivity contribution is -0.142. The molecular weight excluding hydrogens is 261 g/mol. The summed E-state index contributed by atoms with van der Waals surface area (Å²) in [4.78, 5) is 22.4. The van der Waals surface area contributed by atoms with Crippen LogP contribution in [0.2, 0.25) is 0 Å². The van der Waals surface area contributed by atoms with Crippen molar-refractivity contribution in [1.82, 2.24) is 0 Å². The topological polar surface area (TPSA) is 43.4 Å². The lowest BCUT2D eigenvalue weighted by Crippen LogP contribution is -2.13. The highest BCUT2D eigenvalue weighted by molar-refractivity contribution is 5.84. The highest BCUT2D eigenvalue weighted by atomic mass is 19.4. The molecule has 0 aliphatic carbocycles. The fourth-order valence-electron chi connectivity index (χ4n) is 1.60. The minimum absolute atomic E-state index is 0.0788. The van der Waals surface area contributed by atoms with Crippen LogP contribution < -0.4 is 0 Å². The first-order chi connectivity index (χ1) is 8.84. The predicted molar refractivity (Wildman–Crippen MR) is 61.4 cm³/mol. The van der Waals surface area contributed by atoms with E-state index in [1.165, 1.54) is 25.3 Å². The summed E-state index contributed by atoms with van der Waals surface area (Å²) in [5.41, 5.74) is -0.897. The Morgan fingerprint density at radius 3 is 2.37 bits per heavy atom. The summed E-state index contributed by atoms with van der Waals surface area (Å²) in [5.74, 6) is -0.987. The Labute approximate surface area is 108 Å². The van der Waals surface area contributed by atoms with Crippen molar-refractivity contribution in [2.45, 2.75) is 25.4 Å². The molecule has 0 unspecified atom stereocenters. The molecule has 6 heteroatoms. The SMILES string of the molecule is COC(=O)CCC(=O)Cc1ccccc1C(F)(F)F. The number of benzene rings is 1. The zero-order chi connectivity index (χ0) is 14.5. The number of esters is 1. The van der Waals surface area contributed by atoms with Gasteiger partial charge in [-0.3, -0.25) is 9.59 Å². The van der Waals surface area contributed by atoms with Gasteiger partial charge >= 0.3 is 12.1 Å². The van der Waals surface area contributed by atoms with Crippen molar-refractivity contribution in [2.24, 2.45) is 0 Å². The van der Waals surface area contributed by atoms with E-state index in [-0.39, 0.29) is 24.8 Å². The van der Waals surface area contributed by atoms with Gasteiger partial charge in [-0.1, -0.05) is 18.2 Å². The lowest BCUT2D eigenvalue weighted by Gasteiger charge is -2.11. The van der Waals surface area contributed by atoms with Gasteiger partial charge < -0.3 is 4.74 Å². The fourth-order valence-corrected chi connectivity index (χ4v) is 1.60. The molecule has 104 valence electrons. The summed E-state index contributed by atoms with van der Waals surface area (Å²) >= 11 is 0. The number of methoxy groups -OCH3 is 1. The number of hydrogen-bond acceptors (Lipinski definition) is 3. The molecule has 3 nitrogen and oxygen atoms in total. The number of carbonyl (C=O) groups is 2. The van der Waals surface area contributed by atoms with Gasteiger partial charge in [0.2, 0.25) is 0 Å². The van der Waals surface area contributed by atoms with Gasteiger partial charge in [0.25, 0.3) is 0 Å². The molecule has 0 amide bonds. The molecule has 1 rings (SSSR count). The van der Waals surface area contributed by atoms with Crippen LogP contribution in [0, 0.1) is 0 Å². The number of ketones is 1. The molecule has 19 heavy (non-hydrogen) atoms. The lowest BCUT2D eigenvalue weighted by atomic mass is 10.00. The van der Waals surface area contributed by atoms with Gasteiger partial charge in [0, 0.05) is 12.8 Å². The van der Waals surface area contributed by atoms with Gasteiger partial charge in [-0.15, -0.1) is 0 Å². The van der Waals surface area contributed by atoms with Crippen molar-refractivity contribution in [3.8, 4) is 0 Å². The van der Waals surface area contributed by atoms with Crippen LogP contribution in [0.25, 0.3) is 0 Å². The number of Topliss-reactive ketones (excluding diaryl/α,β-unsaturated/α-hetero) is 1. The predicted octanol–water partition coefficient (Wildman–Crippen LogP) is 2.77. The summed E-state index contributed by atoms with van der Waals surface area (Å²) in [6, 6.07) is 4.91. The van der Waals surface area contributed by atoms with E-state index in [9.17, 15) is 22.8 Å². The van der Waals surface area contributed by atoms with Gasteiger partial charge in [-0.2, -0.15) is 13.2 Å². The van der Waals surface area contributed by atoms with Crippen LogP contribution in [0.4, 0.5) is 13.2 Å². The molecular formula is C13H13F3O3. The van der Waals surface area contributed by atoms with Crippen LogP contribution in [-0.2, 0) is 26.9 Å². The van der Waals surface area contributed by atoms with E-state index in [0.29, 0.717) is 0 Å². The molecule has 0 fully saturated rings. The van der Waals surface area contributed by atoms with Crippen molar-refractivity contribution < 1.29 is 27.5 Å². The second kappa shape index (κ2) is 6.36. The fraction of sp³-hybridized carbons (Fsp3) is 0.385. The first-order valence-electron chi connectivity index (χ1n) is 5.58. The number of carbonyl (C=O) groups excluding carboxylic acids is 2. The Balaban J connectivity index is 2.72. The minimum atomic E-state index is -4.49. The number of alkyl halides is 3. The number of halogens is 3. The van der Waals surface area contributed by atoms with E-state index in [1.54, 1.807) is 0 Å². The van der Waals surface area contributed by atoms with Gasteiger partial charge in [0.1, 0.15) is 5.78 Å². The van der Waals surface area contributed by atoms with Gasteiger partial charge in [0.15, 0.2) is 0 Å². The molecule has 0 radical (unpaired) electrons. The Kier molecular flexibility index (Phi) is 5.09. The molecule has 0 spiro atoms. The van der Waals surface area contributed by atoms with Crippen LogP contribution in [-0.4, -0.2) is 18.9 Å². The quantitative estimate of drug-likeness (QED) is 0.775. The molecule has 1 aromatic rings. The highest BCUT2D eigenvalue weighted by Crippen LogP contribution is 2.32. The smallest absolute Gasteiger partial charge is 0.416 e. The number of ether oxygens (including phenoxy) is 1. The normalized spacial score (nSPS) is 11.2. The highest BCUT2D eigenvalue weighted by Gasteiger charge is 2.33. The molecule has 0 aromatic heterocycles. The standard InChI is InChI=1S/C13H13F3O3/c1-19-12(18)7-6-10(17)8-9-4-2-3-5-11(9)13(14,15)16/h2-5H,6-8H2,1H3. The van der Waals surface area contributed by atoms with Crippen LogP contribution >= 0.6 is 0 Å².